The van der Waals surface area contributed by atoms with Gasteiger partial charge in [-0.2, -0.15) is 13.2 Å². The Bertz CT molecular complexity index is 1770. The average Bonchev–Trinajstić information content (AvgIpc) is 3.47. The van der Waals surface area contributed by atoms with Crippen molar-refractivity contribution in [2.24, 2.45) is 5.41 Å². The molecule has 1 saturated carbocycles. The molecule has 4 aromatic rings. The van der Waals surface area contributed by atoms with Gasteiger partial charge in [0.1, 0.15) is 17.2 Å². The first-order chi connectivity index (χ1) is 22.8. The van der Waals surface area contributed by atoms with Crippen molar-refractivity contribution >= 4 is 28.5 Å². The summed E-state index contributed by atoms with van der Waals surface area (Å²) in [6.45, 7) is 4.23. The SMILES string of the molecule is COCC1(CN(C)c2cc(-c3cc(F)cc(C(F)(F)F)c3)nc3nc(-c4ccc(N5CCC(OC(C)C(=O)O)CC5)cc4)[nH]c23)CCC1. The number of H-pyrrole nitrogens is 1. The summed E-state index contributed by atoms with van der Waals surface area (Å²) < 4.78 is 66.5. The standard InChI is InChI=1S/C35H39F4N5O4/c1-21(33(45)46)48-27-9-13-44(14-10-27)26-7-5-22(6-8-26)31-41-30-29(43(2)19-34(20-47-3)11-4-12-34)18-28(40-32(30)42-31)23-15-24(35(37,38)39)17-25(36)16-23/h5-8,15-18,21,27H,4,9-14,19-20H2,1-3H3,(H,45,46)(H,40,41,42). The molecule has 1 unspecified atom stereocenters. The lowest BCUT2D eigenvalue weighted by Gasteiger charge is -2.44. The zero-order valence-electron chi connectivity index (χ0n) is 27.1. The molecule has 1 saturated heterocycles. The number of aromatic nitrogens is 3. The number of piperidine rings is 1. The second-order valence-corrected chi connectivity index (χ2v) is 13.0. The van der Waals surface area contributed by atoms with Crippen LogP contribution in [0.3, 0.4) is 0 Å². The van der Waals surface area contributed by atoms with E-state index in [0.29, 0.717) is 54.7 Å². The maximum absolute atomic E-state index is 14.5. The summed E-state index contributed by atoms with van der Waals surface area (Å²) in [6, 6.07) is 12.0. The van der Waals surface area contributed by atoms with Gasteiger partial charge in [0.25, 0.3) is 0 Å². The molecule has 0 bridgehead atoms. The Morgan fingerprint density at radius 3 is 2.42 bits per heavy atom. The van der Waals surface area contributed by atoms with Gasteiger partial charge in [-0.1, -0.05) is 6.42 Å². The Hall–Kier alpha value is -4.23. The smallest absolute Gasteiger partial charge is 0.416 e. The highest BCUT2D eigenvalue weighted by Crippen LogP contribution is 2.43. The molecule has 1 aliphatic carbocycles. The fourth-order valence-electron chi connectivity index (χ4n) is 6.80. The summed E-state index contributed by atoms with van der Waals surface area (Å²) in [5.74, 6) is -1.43. The summed E-state index contributed by atoms with van der Waals surface area (Å²) in [6.07, 6.45) is -1.14. The van der Waals surface area contributed by atoms with Gasteiger partial charge < -0.3 is 29.4 Å². The highest BCUT2D eigenvalue weighted by Gasteiger charge is 2.38. The number of nitrogens with one attached hydrogen (secondary N) is 1. The minimum atomic E-state index is -4.72. The molecule has 2 aliphatic rings. The van der Waals surface area contributed by atoms with Crippen LogP contribution in [0.4, 0.5) is 28.9 Å². The van der Waals surface area contributed by atoms with Gasteiger partial charge in [0, 0.05) is 56.0 Å². The van der Waals surface area contributed by atoms with Crippen molar-refractivity contribution in [3.63, 3.8) is 0 Å². The van der Waals surface area contributed by atoms with Crippen LogP contribution in [-0.4, -0.2) is 78.6 Å². The largest absolute Gasteiger partial charge is 0.479 e. The second kappa shape index (κ2) is 13.3. The van der Waals surface area contributed by atoms with E-state index >= 15 is 0 Å². The molecular weight excluding hydrogens is 630 g/mol. The van der Waals surface area contributed by atoms with Gasteiger partial charge in [-0.25, -0.2) is 19.2 Å². The lowest BCUT2D eigenvalue weighted by Crippen LogP contribution is -2.44. The van der Waals surface area contributed by atoms with Crippen molar-refractivity contribution in [1.82, 2.24) is 15.0 Å². The van der Waals surface area contributed by atoms with Crippen molar-refractivity contribution in [3.8, 4) is 22.6 Å². The molecule has 256 valence electrons. The van der Waals surface area contributed by atoms with Gasteiger partial charge >= 0.3 is 12.1 Å². The minimum absolute atomic E-state index is 0.00890. The van der Waals surface area contributed by atoms with Crippen LogP contribution in [-0.2, 0) is 20.4 Å². The van der Waals surface area contributed by atoms with E-state index in [9.17, 15) is 22.4 Å². The highest BCUT2D eigenvalue weighted by molar-refractivity contribution is 5.91. The molecule has 1 atom stereocenters. The number of nitrogens with zero attached hydrogens (tertiary/aromatic N) is 4. The number of carbonyl (C=O) groups is 1. The van der Waals surface area contributed by atoms with Crippen LogP contribution < -0.4 is 9.80 Å². The number of aliphatic carboxylic acids is 1. The van der Waals surface area contributed by atoms with E-state index in [0.717, 1.165) is 55.7 Å². The Balaban J connectivity index is 1.31. The monoisotopic (exact) mass is 669 g/mol. The number of pyridine rings is 1. The predicted molar refractivity (Wildman–Crippen MR) is 175 cm³/mol. The quantitative estimate of drug-likeness (QED) is 0.162. The van der Waals surface area contributed by atoms with Gasteiger partial charge in [-0.05, 0) is 81.1 Å². The van der Waals surface area contributed by atoms with Gasteiger partial charge in [-0.3, -0.25) is 0 Å². The number of carboxylic acid groups (broad SMARTS) is 1. The maximum Gasteiger partial charge on any atom is 0.416 e. The molecule has 0 radical (unpaired) electrons. The average molecular weight is 670 g/mol. The first-order valence-electron chi connectivity index (χ1n) is 16.1. The van der Waals surface area contributed by atoms with Gasteiger partial charge in [0.15, 0.2) is 11.8 Å². The number of fused-ring (bicyclic) bond motifs is 1. The van der Waals surface area contributed by atoms with Gasteiger partial charge in [-0.15, -0.1) is 0 Å². The van der Waals surface area contributed by atoms with Crippen LogP contribution in [0.5, 0.6) is 0 Å². The molecule has 0 amide bonds. The third kappa shape index (κ3) is 7.12. The van der Waals surface area contributed by atoms with Gasteiger partial charge in [0.05, 0.1) is 29.7 Å². The summed E-state index contributed by atoms with van der Waals surface area (Å²) in [5, 5.41) is 9.14. The Kier molecular flexibility index (Phi) is 9.36. The topological polar surface area (TPSA) is 104 Å². The van der Waals surface area contributed by atoms with Crippen LogP contribution in [0.15, 0.2) is 48.5 Å². The molecule has 0 spiro atoms. The number of aromatic amines is 1. The Labute approximate surface area is 275 Å². The molecule has 2 fully saturated rings. The predicted octanol–water partition coefficient (Wildman–Crippen LogP) is 7.16. The van der Waals surface area contributed by atoms with E-state index in [1.54, 1.807) is 20.1 Å². The summed E-state index contributed by atoms with van der Waals surface area (Å²) in [4.78, 5) is 28.2. The minimum Gasteiger partial charge on any atom is -0.479 e. The third-order valence-corrected chi connectivity index (χ3v) is 9.50. The first kappa shape index (κ1) is 33.7. The summed E-state index contributed by atoms with van der Waals surface area (Å²) >= 11 is 0. The summed E-state index contributed by atoms with van der Waals surface area (Å²) in [7, 11) is 3.60. The molecule has 9 nitrogen and oxygen atoms in total. The third-order valence-electron chi connectivity index (χ3n) is 9.50. The number of alkyl halides is 3. The molecule has 1 aliphatic heterocycles. The van der Waals surface area contributed by atoms with Crippen LogP contribution >= 0.6 is 0 Å². The molecule has 2 aromatic carbocycles. The first-order valence-corrected chi connectivity index (χ1v) is 16.1. The number of rotatable bonds is 11. The maximum atomic E-state index is 14.5. The van der Waals surface area contributed by atoms with Crippen molar-refractivity contribution in [1.29, 1.82) is 0 Å². The van der Waals surface area contributed by atoms with E-state index in [1.807, 2.05) is 36.2 Å². The lowest BCUT2D eigenvalue weighted by atomic mass is 9.69. The Morgan fingerprint density at radius 2 is 1.81 bits per heavy atom. The van der Waals surface area contributed by atoms with Crippen molar-refractivity contribution < 1.29 is 36.9 Å². The number of benzene rings is 2. The van der Waals surface area contributed by atoms with Crippen molar-refractivity contribution in [2.45, 2.75) is 57.4 Å². The number of imidazole rings is 1. The van der Waals surface area contributed by atoms with Crippen LogP contribution in [0.2, 0.25) is 0 Å². The molecule has 13 heteroatoms. The van der Waals surface area contributed by atoms with Crippen molar-refractivity contribution in [3.05, 3.63) is 59.9 Å². The lowest BCUT2D eigenvalue weighted by molar-refractivity contribution is -0.153. The van der Waals surface area contributed by atoms with Gasteiger partial charge in [0.2, 0.25) is 0 Å². The number of hydrogen-bond acceptors (Lipinski definition) is 7. The van der Waals surface area contributed by atoms with E-state index < -0.39 is 29.6 Å². The second-order valence-electron chi connectivity index (χ2n) is 13.0. The number of anilines is 2. The zero-order valence-corrected chi connectivity index (χ0v) is 27.1. The van der Waals surface area contributed by atoms with Crippen LogP contribution in [0, 0.1) is 11.2 Å². The zero-order chi connectivity index (χ0) is 34.2. The highest BCUT2D eigenvalue weighted by atomic mass is 19.4. The Morgan fingerprint density at radius 1 is 1.10 bits per heavy atom. The molecule has 2 N–H and O–H groups in total. The number of carboxylic acids is 1. The summed E-state index contributed by atoms with van der Waals surface area (Å²) in [5.41, 5.74) is 2.48. The van der Waals surface area contributed by atoms with Crippen molar-refractivity contribution in [2.75, 3.05) is 50.2 Å². The van der Waals surface area contributed by atoms with Crippen LogP contribution in [0.25, 0.3) is 33.8 Å². The normalized spacial score (nSPS) is 17.4. The molecule has 2 aromatic heterocycles. The van der Waals surface area contributed by atoms with E-state index in [-0.39, 0.29) is 22.8 Å². The van der Waals surface area contributed by atoms with E-state index in [1.165, 1.54) is 0 Å². The number of ether oxygens (including phenoxy) is 2. The fraction of sp³-hybridized carbons (Fsp3) is 0.457. The van der Waals surface area contributed by atoms with Crippen LogP contribution in [0.1, 0.15) is 44.6 Å². The number of halogens is 4. The number of hydrogen-bond donors (Lipinski definition) is 2. The fourth-order valence-corrected chi connectivity index (χ4v) is 6.80. The molecular formula is C35H39F4N5O4. The molecule has 48 heavy (non-hydrogen) atoms. The molecule has 3 heterocycles. The molecule has 6 rings (SSSR count). The van der Waals surface area contributed by atoms with E-state index in [4.69, 9.17) is 19.6 Å². The number of methoxy groups -OCH3 is 1. The van der Waals surface area contributed by atoms with E-state index in [2.05, 4.69) is 14.9 Å².